The highest BCUT2D eigenvalue weighted by Gasteiger charge is 2.54. The van der Waals surface area contributed by atoms with Crippen molar-refractivity contribution < 1.29 is 9.53 Å². The number of nitriles is 1. The number of fused-ring (bicyclic) bond motifs is 2. The third-order valence-corrected chi connectivity index (χ3v) is 8.02. The molecule has 1 aliphatic carbocycles. The largest absolute Gasteiger partial charge is 0.485 e. The molecule has 2 unspecified atom stereocenters. The number of benzene rings is 3. The summed E-state index contributed by atoms with van der Waals surface area (Å²) >= 11 is 0. The first kappa shape index (κ1) is 23.3. The van der Waals surface area contributed by atoms with Crippen molar-refractivity contribution in [3.8, 4) is 22.9 Å². The minimum Gasteiger partial charge on any atom is -0.485 e. The summed E-state index contributed by atoms with van der Waals surface area (Å²) in [5, 5.41) is 9.38. The zero-order valence-corrected chi connectivity index (χ0v) is 20.8. The number of nitrogens with zero attached hydrogens (tertiary/aromatic N) is 3. The zero-order valence-electron chi connectivity index (χ0n) is 20.8. The van der Waals surface area contributed by atoms with E-state index in [4.69, 9.17) is 15.5 Å². The molecule has 3 aromatic carbocycles. The summed E-state index contributed by atoms with van der Waals surface area (Å²) in [6.45, 7) is 0.617. The number of carbonyl (C=O) groups is 1. The van der Waals surface area contributed by atoms with E-state index in [0.717, 1.165) is 35.1 Å². The van der Waals surface area contributed by atoms with Crippen molar-refractivity contribution in [1.82, 2.24) is 4.90 Å². The lowest BCUT2D eigenvalue weighted by Gasteiger charge is -2.37. The van der Waals surface area contributed by atoms with Crippen molar-refractivity contribution in [3.63, 3.8) is 0 Å². The summed E-state index contributed by atoms with van der Waals surface area (Å²) in [7, 11) is 0. The van der Waals surface area contributed by atoms with Gasteiger partial charge in [0.25, 0.3) is 5.91 Å². The molecule has 2 N–H and O–H groups in total. The fourth-order valence-corrected chi connectivity index (χ4v) is 6.07. The average molecular weight is 491 g/mol. The second-order valence-corrected chi connectivity index (χ2v) is 10.4. The normalized spacial score (nSPS) is 23.3. The van der Waals surface area contributed by atoms with E-state index in [-0.39, 0.29) is 12.0 Å². The SMILES string of the molecule is N#Cc1cccc(-c2ccc3c(c2)C2(CC(c4ccccc4)O3)N=C(N)N(CC3CCCCC3)C2=O)c1. The number of hydrogen-bond donors (Lipinski definition) is 1. The van der Waals surface area contributed by atoms with Gasteiger partial charge in [-0.15, -0.1) is 0 Å². The summed E-state index contributed by atoms with van der Waals surface area (Å²) in [5.41, 5.74) is 9.49. The van der Waals surface area contributed by atoms with Crippen molar-refractivity contribution >= 4 is 11.9 Å². The second-order valence-electron chi connectivity index (χ2n) is 10.4. The molecule has 186 valence electrons. The molecule has 1 spiro atoms. The average Bonchev–Trinajstić information content (AvgIpc) is 3.18. The van der Waals surface area contributed by atoms with Crippen LogP contribution in [-0.2, 0) is 10.3 Å². The molecule has 2 aliphatic heterocycles. The number of rotatable bonds is 4. The van der Waals surface area contributed by atoms with Gasteiger partial charge in [-0.05, 0) is 59.7 Å². The van der Waals surface area contributed by atoms with Crippen LogP contribution in [0.5, 0.6) is 5.75 Å². The van der Waals surface area contributed by atoms with E-state index in [9.17, 15) is 10.1 Å². The van der Waals surface area contributed by atoms with Gasteiger partial charge in [0, 0.05) is 18.5 Å². The first-order chi connectivity index (χ1) is 18.1. The first-order valence-corrected chi connectivity index (χ1v) is 13.1. The Labute approximate surface area is 217 Å². The number of guanidine groups is 1. The van der Waals surface area contributed by atoms with Crippen LogP contribution >= 0.6 is 0 Å². The van der Waals surface area contributed by atoms with Crippen LogP contribution in [0.15, 0.2) is 77.8 Å². The highest BCUT2D eigenvalue weighted by Crippen LogP contribution is 2.51. The van der Waals surface area contributed by atoms with Crippen LogP contribution in [0.4, 0.5) is 0 Å². The van der Waals surface area contributed by atoms with Crippen LogP contribution < -0.4 is 10.5 Å². The van der Waals surface area contributed by atoms with Crippen LogP contribution in [0.3, 0.4) is 0 Å². The van der Waals surface area contributed by atoms with Gasteiger partial charge >= 0.3 is 0 Å². The quantitative estimate of drug-likeness (QED) is 0.509. The monoisotopic (exact) mass is 490 g/mol. The van der Waals surface area contributed by atoms with Gasteiger partial charge in [-0.2, -0.15) is 5.26 Å². The maximum atomic E-state index is 14.3. The molecule has 37 heavy (non-hydrogen) atoms. The molecule has 0 radical (unpaired) electrons. The van der Waals surface area contributed by atoms with Gasteiger partial charge < -0.3 is 10.5 Å². The first-order valence-electron chi connectivity index (χ1n) is 13.1. The maximum absolute atomic E-state index is 14.3. The van der Waals surface area contributed by atoms with Crippen LogP contribution in [0.1, 0.15) is 61.3 Å². The Balaban J connectivity index is 1.44. The van der Waals surface area contributed by atoms with E-state index in [1.54, 1.807) is 11.0 Å². The Morgan fingerprint density at radius 2 is 1.78 bits per heavy atom. The van der Waals surface area contributed by atoms with Crippen LogP contribution in [0.25, 0.3) is 11.1 Å². The lowest BCUT2D eigenvalue weighted by Crippen LogP contribution is -2.47. The lowest BCUT2D eigenvalue weighted by molar-refractivity contribution is -0.133. The van der Waals surface area contributed by atoms with Crippen LogP contribution in [-0.4, -0.2) is 23.3 Å². The predicted octanol–water partition coefficient (Wildman–Crippen LogP) is 5.68. The summed E-state index contributed by atoms with van der Waals surface area (Å²) < 4.78 is 6.48. The summed E-state index contributed by atoms with van der Waals surface area (Å²) in [6.07, 6.45) is 5.96. The van der Waals surface area contributed by atoms with E-state index < -0.39 is 5.54 Å². The second kappa shape index (κ2) is 9.40. The van der Waals surface area contributed by atoms with E-state index in [1.165, 1.54) is 19.3 Å². The van der Waals surface area contributed by atoms with Gasteiger partial charge in [-0.1, -0.05) is 67.8 Å². The van der Waals surface area contributed by atoms with Crippen molar-refractivity contribution in [2.24, 2.45) is 16.6 Å². The number of carbonyl (C=O) groups excluding carboxylic acids is 1. The molecule has 2 atom stereocenters. The third-order valence-electron chi connectivity index (χ3n) is 8.02. The number of nitrogens with two attached hydrogens (primary N) is 1. The minimum atomic E-state index is -1.14. The minimum absolute atomic E-state index is 0.0658. The van der Waals surface area contributed by atoms with Gasteiger partial charge in [0.15, 0.2) is 11.5 Å². The molecule has 0 bridgehead atoms. The molecule has 6 heteroatoms. The van der Waals surface area contributed by atoms with Gasteiger partial charge in [0.1, 0.15) is 11.9 Å². The molecule has 3 aliphatic rings. The standard InChI is InChI=1S/C31H30N4O2/c32-19-22-10-7-13-24(16-22)25-14-15-27-26(17-25)31(18-28(37-27)23-11-5-2-6-12-23)29(36)35(30(33)34-31)20-21-8-3-1-4-9-21/h2,5-7,10-17,21,28H,1,3-4,8-9,18,20H2,(H2,33,34). The molecule has 0 saturated heterocycles. The Morgan fingerprint density at radius 1 is 1.00 bits per heavy atom. The number of amides is 1. The zero-order chi connectivity index (χ0) is 25.4. The van der Waals surface area contributed by atoms with Crippen molar-refractivity contribution in [2.45, 2.75) is 50.2 Å². The topological polar surface area (TPSA) is 91.7 Å². The Hall–Kier alpha value is -4.11. The Bertz CT molecular complexity index is 1400. The van der Waals surface area contributed by atoms with E-state index in [0.29, 0.717) is 36.2 Å². The van der Waals surface area contributed by atoms with E-state index in [1.807, 2.05) is 66.7 Å². The highest BCUT2D eigenvalue weighted by atomic mass is 16.5. The van der Waals surface area contributed by atoms with Gasteiger partial charge in [0.2, 0.25) is 0 Å². The molecule has 0 aromatic heterocycles. The molecule has 1 fully saturated rings. The van der Waals surface area contributed by atoms with Gasteiger partial charge in [-0.3, -0.25) is 9.69 Å². The van der Waals surface area contributed by atoms with Gasteiger partial charge in [-0.25, -0.2) is 4.99 Å². The summed E-state index contributed by atoms with van der Waals surface area (Å²) in [6, 6.07) is 25.6. The number of aliphatic imine (C=N–C) groups is 1. The fourth-order valence-electron chi connectivity index (χ4n) is 6.07. The molecule has 1 saturated carbocycles. The highest BCUT2D eigenvalue weighted by molar-refractivity contribution is 6.07. The molecule has 1 amide bonds. The molecular formula is C31H30N4O2. The third kappa shape index (κ3) is 4.15. The molecular weight excluding hydrogens is 460 g/mol. The van der Waals surface area contributed by atoms with E-state index in [2.05, 4.69) is 6.07 Å². The molecule has 3 aromatic rings. The molecule has 2 heterocycles. The predicted molar refractivity (Wildman–Crippen MR) is 143 cm³/mol. The van der Waals surface area contributed by atoms with Crippen molar-refractivity contribution in [1.29, 1.82) is 5.26 Å². The fraction of sp³-hybridized carbons (Fsp3) is 0.323. The maximum Gasteiger partial charge on any atom is 0.262 e. The van der Waals surface area contributed by atoms with Gasteiger partial charge in [0.05, 0.1) is 11.6 Å². The summed E-state index contributed by atoms with van der Waals surface area (Å²) in [4.78, 5) is 20.9. The van der Waals surface area contributed by atoms with Crippen molar-refractivity contribution in [3.05, 3.63) is 89.5 Å². The lowest BCUT2D eigenvalue weighted by atomic mass is 9.79. The summed E-state index contributed by atoms with van der Waals surface area (Å²) in [5.74, 6) is 1.33. The Morgan fingerprint density at radius 3 is 2.57 bits per heavy atom. The van der Waals surface area contributed by atoms with Crippen molar-refractivity contribution in [2.75, 3.05) is 6.54 Å². The van der Waals surface area contributed by atoms with E-state index >= 15 is 0 Å². The molecule has 6 rings (SSSR count). The molecule has 6 nitrogen and oxygen atoms in total. The Kier molecular flexibility index (Phi) is 5.92. The van der Waals surface area contributed by atoms with Crippen LogP contribution in [0.2, 0.25) is 0 Å². The van der Waals surface area contributed by atoms with Crippen LogP contribution in [0, 0.1) is 17.2 Å². The smallest absolute Gasteiger partial charge is 0.262 e. The number of ether oxygens (including phenoxy) is 1. The number of hydrogen-bond acceptors (Lipinski definition) is 5.